The van der Waals surface area contributed by atoms with E-state index in [0.29, 0.717) is 5.88 Å². The summed E-state index contributed by atoms with van der Waals surface area (Å²) >= 11 is 0. The van der Waals surface area contributed by atoms with Crippen LogP contribution in [0.4, 0.5) is 0 Å². The van der Waals surface area contributed by atoms with Gasteiger partial charge in [-0.1, -0.05) is 0 Å². The Labute approximate surface area is 67.4 Å². The number of aliphatic hydroxyl groups is 1. The molecule has 0 aliphatic rings. The van der Waals surface area contributed by atoms with Crippen molar-refractivity contribution in [3.63, 3.8) is 0 Å². The van der Waals surface area contributed by atoms with Gasteiger partial charge in [-0.25, -0.2) is 0 Å². The van der Waals surface area contributed by atoms with E-state index in [1.165, 1.54) is 7.11 Å². The molecule has 0 spiro atoms. The molecule has 0 rings (SSSR count). The molecule has 0 heterocycles. The van der Waals surface area contributed by atoms with Gasteiger partial charge in [-0.05, 0) is 26.5 Å². The number of allylic oxidation sites excluding steroid dienone is 1. The largest absolute Gasteiger partial charge is 0.513 e. The molecular formula is C8H15NO2. The van der Waals surface area contributed by atoms with Crippen LogP contribution in [0.3, 0.4) is 0 Å². The molecule has 1 atom stereocenters. The van der Waals surface area contributed by atoms with E-state index in [-0.39, 0.29) is 11.8 Å². The van der Waals surface area contributed by atoms with Crippen LogP contribution in [-0.4, -0.2) is 18.3 Å². The lowest BCUT2D eigenvalue weighted by Crippen LogP contribution is -2.23. The van der Waals surface area contributed by atoms with Crippen molar-refractivity contribution < 1.29 is 9.84 Å². The minimum Gasteiger partial charge on any atom is -0.513 e. The Morgan fingerprint density at radius 1 is 1.73 bits per heavy atom. The van der Waals surface area contributed by atoms with Crippen LogP contribution in [0, 0.1) is 0 Å². The van der Waals surface area contributed by atoms with Gasteiger partial charge in [-0.3, -0.25) is 0 Å². The van der Waals surface area contributed by atoms with E-state index in [0.717, 1.165) is 0 Å². The molecule has 0 aromatic rings. The highest BCUT2D eigenvalue weighted by atomic mass is 16.5. The molecule has 64 valence electrons. The molecule has 0 bridgehead atoms. The highest BCUT2D eigenvalue weighted by Crippen LogP contribution is 1.94. The van der Waals surface area contributed by atoms with Gasteiger partial charge in [0.15, 0.2) is 5.88 Å². The Morgan fingerprint density at radius 3 is 2.64 bits per heavy atom. The molecule has 0 saturated heterocycles. The molecule has 3 nitrogen and oxygen atoms in total. The molecule has 0 amide bonds. The van der Waals surface area contributed by atoms with E-state index >= 15 is 0 Å². The summed E-state index contributed by atoms with van der Waals surface area (Å²) in [7, 11) is 1.54. The maximum atomic E-state index is 8.86. The van der Waals surface area contributed by atoms with Crippen LogP contribution in [0.25, 0.3) is 0 Å². The third-order valence-corrected chi connectivity index (χ3v) is 1.13. The standard InChI is InChI=1S/C8H15NO2/c1-6(5-7(2)10)9-8(3)11-4/h5-6,9-10H,3H2,1-2,4H3/b7-5+. The number of aliphatic hydroxyl groups excluding tert-OH is 1. The molecule has 0 aromatic carbocycles. The Kier molecular flexibility index (Phi) is 4.18. The normalized spacial score (nSPS) is 13.9. The van der Waals surface area contributed by atoms with E-state index in [2.05, 4.69) is 11.9 Å². The summed E-state index contributed by atoms with van der Waals surface area (Å²) < 4.78 is 4.79. The van der Waals surface area contributed by atoms with Gasteiger partial charge >= 0.3 is 0 Å². The van der Waals surface area contributed by atoms with Crippen molar-refractivity contribution in [3.8, 4) is 0 Å². The van der Waals surface area contributed by atoms with Gasteiger partial charge in [0.05, 0.1) is 12.9 Å². The third-order valence-electron chi connectivity index (χ3n) is 1.13. The molecule has 2 N–H and O–H groups in total. The van der Waals surface area contributed by atoms with Crippen molar-refractivity contribution in [2.24, 2.45) is 0 Å². The van der Waals surface area contributed by atoms with Crippen LogP contribution in [0.15, 0.2) is 24.3 Å². The molecule has 0 aliphatic carbocycles. The van der Waals surface area contributed by atoms with Crippen molar-refractivity contribution in [2.75, 3.05) is 7.11 Å². The van der Waals surface area contributed by atoms with E-state index in [1.807, 2.05) is 6.92 Å². The molecule has 11 heavy (non-hydrogen) atoms. The Balaban J connectivity index is 3.78. The second-order valence-corrected chi connectivity index (χ2v) is 2.37. The van der Waals surface area contributed by atoms with Gasteiger partial charge in [0.1, 0.15) is 0 Å². The highest BCUT2D eigenvalue weighted by molar-refractivity contribution is 4.97. The lowest BCUT2D eigenvalue weighted by molar-refractivity contribution is 0.258. The first-order chi connectivity index (χ1) is 5.06. The molecular weight excluding hydrogens is 142 g/mol. The van der Waals surface area contributed by atoms with Gasteiger partial charge in [0.25, 0.3) is 0 Å². The second-order valence-electron chi connectivity index (χ2n) is 2.37. The second kappa shape index (κ2) is 4.66. The van der Waals surface area contributed by atoms with Crippen molar-refractivity contribution in [1.82, 2.24) is 5.32 Å². The predicted octanol–water partition coefficient (Wildman–Crippen LogP) is 1.54. The summed E-state index contributed by atoms with van der Waals surface area (Å²) in [5.41, 5.74) is 0. The Hall–Kier alpha value is -1.12. The van der Waals surface area contributed by atoms with Crippen LogP contribution in [0.2, 0.25) is 0 Å². The van der Waals surface area contributed by atoms with E-state index < -0.39 is 0 Å². The number of hydrogen-bond donors (Lipinski definition) is 2. The molecule has 0 fully saturated rings. The third kappa shape index (κ3) is 5.33. The van der Waals surface area contributed by atoms with Crippen LogP contribution in [-0.2, 0) is 4.74 Å². The monoisotopic (exact) mass is 157 g/mol. The van der Waals surface area contributed by atoms with Gasteiger partial charge in [-0.2, -0.15) is 0 Å². The quantitative estimate of drug-likeness (QED) is 0.608. The first kappa shape index (κ1) is 9.88. The van der Waals surface area contributed by atoms with E-state index in [1.54, 1.807) is 13.0 Å². The van der Waals surface area contributed by atoms with E-state index in [9.17, 15) is 0 Å². The predicted molar refractivity (Wildman–Crippen MR) is 45.1 cm³/mol. The summed E-state index contributed by atoms with van der Waals surface area (Å²) in [6.45, 7) is 7.09. The SMILES string of the molecule is C=C(NC(C)/C=C(\C)O)OC. The van der Waals surface area contributed by atoms with Crippen LogP contribution >= 0.6 is 0 Å². The fourth-order valence-electron chi connectivity index (χ4n) is 0.716. The number of methoxy groups -OCH3 is 1. The molecule has 0 saturated carbocycles. The summed E-state index contributed by atoms with van der Waals surface area (Å²) in [5, 5.41) is 11.8. The van der Waals surface area contributed by atoms with Gasteiger partial charge in [0.2, 0.25) is 0 Å². The summed E-state index contributed by atoms with van der Waals surface area (Å²) in [6.07, 6.45) is 1.67. The number of rotatable bonds is 4. The maximum absolute atomic E-state index is 8.86. The molecule has 1 unspecified atom stereocenters. The lowest BCUT2D eigenvalue weighted by Gasteiger charge is -2.11. The first-order valence-corrected chi connectivity index (χ1v) is 3.43. The molecule has 0 radical (unpaired) electrons. The minimum absolute atomic E-state index is 0.0347. The maximum Gasteiger partial charge on any atom is 0.179 e. The zero-order valence-electron chi connectivity index (χ0n) is 7.22. The van der Waals surface area contributed by atoms with Crippen LogP contribution in [0.1, 0.15) is 13.8 Å². The van der Waals surface area contributed by atoms with E-state index in [4.69, 9.17) is 9.84 Å². The molecule has 0 aliphatic heterocycles. The number of ether oxygens (including phenoxy) is 1. The fraction of sp³-hybridized carbons (Fsp3) is 0.500. The number of nitrogens with one attached hydrogen (secondary N) is 1. The topological polar surface area (TPSA) is 41.5 Å². The average molecular weight is 157 g/mol. The number of hydrogen-bond acceptors (Lipinski definition) is 3. The zero-order chi connectivity index (χ0) is 8.85. The minimum atomic E-state index is 0.0347. The lowest BCUT2D eigenvalue weighted by atomic mass is 10.3. The average Bonchev–Trinajstić information content (AvgIpc) is 1.85. The van der Waals surface area contributed by atoms with Crippen molar-refractivity contribution in [2.45, 2.75) is 19.9 Å². The van der Waals surface area contributed by atoms with Gasteiger partial charge < -0.3 is 15.2 Å². The summed E-state index contributed by atoms with van der Waals surface area (Å²) in [4.78, 5) is 0. The smallest absolute Gasteiger partial charge is 0.179 e. The zero-order valence-corrected chi connectivity index (χ0v) is 7.22. The van der Waals surface area contributed by atoms with Crippen molar-refractivity contribution in [3.05, 3.63) is 24.3 Å². The fourth-order valence-corrected chi connectivity index (χ4v) is 0.716. The van der Waals surface area contributed by atoms with Gasteiger partial charge in [-0.15, -0.1) is 0 Å². The Morgan fingerprint density at radius 2 is 2.27 bits per heavy atom. The molecule has 0 aromatic heterocycles. The van der Waals surface area contributed by atoms with Crippen LogP contribution < -0.4 is 5.32 Å². The van der Waals surface area contributed by atoms with Crippen molar-refractivity contribution in [1.29, 1.82) is 0 Å². The van der Waals surface area contributed by atoms with Crippen molar-refractivity contribution >= 4 is 0 Å². The molecule has 3 heteroatoms. The van der Waals surface area contributed by atoms with Gasteiger partial charge in [0, 0.05) is 6.04 Å². The summed E-state index contributed by atoms with van der Waals surface area (Å²) in [5.74, 6) is 0.781. The van der Waals surface area contributed by atoms with Crippen LogP contribution in [0.5, 0.6) is 0 Å². The Bertz CT molecular complexity index is 159. The first-order valence-electron chi connectivity index (χ1n) is 3.43. The summed E-state index contributed by atoms with van der Waals surface area (Å²) in [6, 6.07) is 0.0347. The highest BCUT2D eigenvalue weighted by Gasteiger charge is 1.97.